The minimum atomic E-state index is 0.0202. The number of aryl methyl sites for hydroxylation is 1. The summed E-state index contributed by atoms with van der Waals surface area (Å²) in [6.07, 6.45) is 3.78. The molecular weight excluding hydrogens is 316 g/mol. The Morgan fingerprint density at radius 2 is 2.04 bits per heavy atom. The highest BCUT2D eigenvalue weighted by Crippen LogP contribution is 2.33. The van der Waals surface area contributed by atoms with Gasteiger partial charge in [-0.15, -0.1) is 0 Å². The molecule has 0 spiro atoms. The number of nitrogens with one attached hydrogen (secondary N) is 1. The zero-order valence-corrected chi connectivity index (χ0v) is 15.2. The number of ether oxygens (including phenoxy) is 1. The summed E-state index contributed by atoms with van der Waals surface area (Å²) < 4.78 is 7.24. The first-order chi connectivity index (χ1) is 12.1. The Morgan fingerprint density at radius 3 is 2.68 bits per heavy atom. The largest absolute Gasteiger partial charge is 0.496 e. The van der Waals surface area contributed by atoms with Crippen molar-refractivity contribution in [2.24, 2.45) is 7.05 Å². The number of hydrogen-bond acceptors (Lipinski definition) is 4. The van der Waals surface area contributed by atoms with Crippen LogP contribution >= 0.6 is 0 Å². The number of anilines is 1. The van der Waals surface area contributed by atoms with Crippen molar-refractivity contribution in [2.75, 3.05) is 32.1 Å². The molecule has 0 radical (unpaired) electrons. The molecule has 0 saturated carbocycles. The van der Waals surface area contributed by atoms with E-state index in [1.807, 2.05) is 26.1 Å². The van der Waals surface area contributed by atoms with E-state index in [1.54, 1.807) is 18.0 Å². The lowest BCUT2D eigenvalue weighted by Gasteiger charge is -2.32. The molecule has 2 heterocycles. The van der Waals surface area contributed by atoms with Gasteiger partial charge in [0, 0.05) is 7.05 Å². The number of nitrogens with zero attached hydrogens (tertiary/aromatic N) is 3. The summed E-state index contributed by atoms with van der Waals surface area (Å²) in [4.78, 5) is 14.5. The number of likely N-dealkylation sites (tertiary alicyclic amines) is 1. The number of aromatic nitrogens is 2. The first kappa shape index (κ1) is 17.5. The number of benzene rings is 1. The fourth-order valence-corrected chi connectivity index (χ4v) is 3.42. The summed E-state index contributed by atoms with van der Waals surface area (Å²) in [5.41, 5.74) is 3.03. The Morgan fingerprint density at radius 1 is 1.32 bits per heavy atom. The highest BCUT2D eigenvalue weighted by molar-refractivity contribution is 5.92. The zero-order chi connectivity index (χ0) is 17.8. The molecule has 1 amide bonds. The number of carbonyl (C=O) groups is 1. The molecule has 1 aromatic carbocycles. The Balaban J connectivity index is 1.52. The van der Waals surface area contributed by atoms with E-state index in [0.29, 0.717) is 12.5 Å². The first-order valence-corrected chi connectivity index (χ1v) is 8.72. The average molecular weight is 342 g/mol. The molecule has 1 N–H and O–H groups in total. The third kappa shape index (κ3) is 4.02. The summed E-state index contributed by atoms with van der Waals surface area (Å²) in [6, 6.07) is 8.23. The highest BCUT2D eigenvalue weighted by atomic mass is 16.5. The molecule has 25 heavy (non-hydrogen) atoms. The summed E-state index contributed by atoms with van der Waals surface area (Å²) in [5.74, 6) is 1.48. The maximum absolute atomic E-state index is 12.3. The molecule has 0 atom stereocenters. The molecule has 134 valence electrons. The Hall–Kier alpha value is -2.34. The van der Waals surface area contributed by atoms with Gasteiger partial charge in [0.25, 0.3) is 0 Å². The summed E-state index contributed by atoms with van der Waals surface area (Å²) in [6.45, 7) is 4.21. The van der Waals surface area contributed by atoms with E-state index in [1.165, 1.54) is 5.56 Å². The Kier molecular flexibility index (Phi) is 5.38. The molecule has 1 aromatic heterocycles. The van der Waals surface area contributed by atoms with Crippen molar-refractivity contribution < 1.29 is 9.53 Å². The first-order valence-electron chi connectivity index (χ1n) is 8.72. The predicted molar refractivity (Wildman–Crippen MR) is 98.0 cm³/mol. The lowest BCUT2D eigenvalue weighted by Crippen LogP contribution is -2.38. The molecule has 6 nitrogen and oxygen atoms in total. The van der Waals surface area contributed by atoms with Crippen LogP contribution in [0, 0.1) is 6.92 Å². The van der Waals surface area contributed by atoms with Gasteiger partial charge in [0.15, 0.2) is 0 Å². The van der Waals surface area contributed by atoms with Gasteiger partial charge in [-0.25, -0.2) is 0 Å². The van der Waals surface area contributed by atoms with E-state index in [9.17, 15) is 4.79 Å². The molecule has 6 heteroatoms. The molecule has 1 fully saturated rings. The van der Waals surface area contributed by atoms with E-state index < -0.39 is 0 Å². The summed E-state index contributed by atoms with van der Waals surface area (Å²) >= 11 is 0. The van der Waals surface area contributed by atoms with Gasteiger partial charge in [-0.3, -0.25) is 14.4 Å². The molecule has 3 rings (SSSR count). The van der Waals surface area contributed by atoms with Crippen molar-refractivity contribution in [2.45, 2.75) is 25.7 Å². The van der Waals surface area contributed by atoms with Crippen molar-refractivity contribution >= 4 is 11.6 Å². The van der Waals surface area contributed by atoms with E-state index >= 15 is 0 Å². The van der Waals surface area contributed by atoms with E-state index in [2.05, 4.69) is 27.4 Å². The van der Waals surface area contributed by atoms with Crippen LogP contribution in [0.5, 0.6) is 5.75 Å². The quantitative estimate of drug-likeness (QED) is 0.907. The van der Waals surface area contributed by atoms with Crippen LogP contribution in [0.3, 0.4) is 0 Å². The molecule has 0 aliphatic carbocycles. The standard InChI is InChI=1S/C19H26N4O2/c1-14-17(12-20-22(14)2)21-19(24)13-23-10-8-15(9-11-23)16-6-4-5-7-18(16)25-3/h4-7,12,15H,8-11,13H2,1-3H3,(H,21,24). The molecule has 0 bridgehead atoms. The summed E-state index contributed by atoms with van der Waals surface area (Å²) in [5, 5.41) is 7.11. The average Bonchev–Trinajstić information content (AvgIpc) is 2.94. The van der Waals surface area contributed by atoms with Gasteiger partial charge in [-0.05, 0) is 50.4 Å². The third-order valence-electron chi connectivity index (χ3n) is 5.04. The van der Waals surface area contributed by atoms with Gasteiger partial charge in [-0.2, -0.15) is 5.10 Å². The second-order valence-electron chi connectivity index (χ2n) is 6.61. The fraction of sp³-hybridized carbons (Fsp3) is 0.474. The molecule has 1 aliphatic rings. The number of carbonyl (C=O) groups excluding carboxylic acids is 1. The minimum absolute atomic E-state index is 0.0202. The topological polar surface area (TPSA) is 59.4 Å². The van der Waals surface area contributed by atoms with Crippen molar-refractivity contribution in [1.82, 2.24) is 14.7 Å². The number of methoxy groups -OCH3 is 1. The van der Waals surface area contributed by atoms with Crippen LogP contribution in [-0.4, -0.2) is 47.3 Å². The fourth-order valence-electron chi connectivity index (χ4n) is 3.42. The van der Waals surface area contributed by atoms with Crippen LogP contribution in [0.2, 0.25) is 0 Å². The van der Waals surface area contributed by atoms with Gasteiger partial charge in [-0.1, -0.05) is 18.2 Å². The maximum atomic E-state index is 12.3. The van der Waals surface area contributed by atoms with E-state index in [0.717, 1.165) is 43.1 Å². The smallest absolute Gasteiger partial charge is 0.238 e. The highest BCUT2D eigenvalue weighted by Gasteiger charge is 2.24. The van der Waals surface area contributed by atoms with Crippen molar-refractivity contribution in [1.29, 1.82) is 0 Å². The zero-order valence-electron chi connectivity index (χ0n) is 15.2. The second-order valence-corrected chi connectivity index (χ2v) is 6.61. The maximum Gasteiger partial charge on any atom is 0.238 e. The van der Waals surface area contributed by atoms with Crippen LogP contribution in [0.1, 0.15) is 30.0 Å². The van der Waals surface area contributed by atoms with Crippen molar-refractivity contribution in [3.8, 4) is 5.75 Å². The lowest BCUT2D eigenvalue weighted by molar-refractivity contribution is -0.117. The van der Waals surface area contributed by atoms with Crippen LogP contribution in [-0.2, 0) is 11.8 Å². The second kappa shape index (κ2) is 7.70. The molecular formula is C19H26N4O2. The molecule has 1 saturated heterocycles. The Bertz CT molecular complexity index is 733. The molecule has 0 unspecified atom stereocenters. The van der Waals surface area contributed by atoms with Crippen LogP contribution in [0.4, 0.5) is 5.69 Å². The number of para-hydroxylation sites is 1. The monoisotopic (exact) mass is 342 g/mol. The summed E-state index contributed by atoms with van der Waals surface area (Å²) in [7, 11) is 3.59. The predicted octanol–water partition coefficient (Wildman–Crippen LogP) is 2.56. The lowest BCUT2D eigenvalue weighted by atomic mass is 9.89. The van der Waals surface area contributed by atoms with Crippen LogP contribution in [0.25, 0.3) is 0 Å². The normalized spacial score (nSPS) is 16.0. The third-order valence-corrected chi connectivity index (χ3v) is 5.04. The molecule has 1 aliphatic heterocycles. The number of piperidine rings is 1. The number of amides is 1. The van der Waals surface area contributed by atoms with Gasteiger partial charge < -0.3 is 10.1 Å². The number of rotatable bonds is 5. The Labute approximate surface area is 148 Å². The minimum Gasteiger partial charge on any atom is -0.496 e. The van der Waals surface area contributed by atoms with E-state index in [4.69, 9.17) is 4.74 Å². The van der Waals surface area contributed by atoms with E-state index in [-0.39, 0.29) is 5.91 Å². The molecule has 2 aromatic rings. The SMILES string of the molecule is COc1ccccc1C1CCN(CC(=O)Nc2cnn(C)c2C)CC1. The van der Waals surface area contributed by atoms with Gasteiger partial charge in [0.2, 0.25) is 5.91 Å². The van der Waals surface area contributed by atoms with Crippen molar-refractivity contribution in [3.05, 3.63) is 41.7 Å². The van der Waals surface area contributed by atoms with Gasteiger partial charge >= 0.3 is 0 Å². The van der Waals surface area contributed by atoms with Crippen LogP contribution in [0.15, 0.2) is 30.5 Å². The van der Waals surface area contributed by atoms with Gasteiger partial charge in [0.05, 0.1) is 31.2 Å². The van der Waals surface area contributed by atoms with Gasteiger partial charge in [0.1, 0.15) is 5.75 Å². The van der Waals surface area contributed by atoms with Crippen molar-refractivity contribution in [3.63, 3.8) is 0 Å². The van der Waals surface area contributed by atoms with Crippen LogP contribution < -0.4 is 10.1 Å². The number of hydrogen-bond donors (Lipinski definition) is 1.